The van der Waals surface area contributed by atoms with Crippen molar-refractivity contribution >= 4 is 10.9 Å². The van der Waals surface area contributed by atoms with Gasteiger partial charge in [-0.1, -0.05) is 18.2 Å². The van der Waals surface area contributed by atoms with Crippen LogP contribution in [0.4, 0.5) is 13.2 Å². The normalized spacial score (nSPS) is 11.5. The summed E-state index contributed by atoms with van der Waals surface area (Å²) in [5, 5.41) is 0.850. The molecule has 0 radical (unpaired) electrons. The maximum atomic E-state index is 12.6. The molecule has 0 aliphatic heterocycles. The summed E-state index contributed by atoms with van der Waals surface area (Å²) in [5.74, 6) is 1.14. The van der Waals surface area contributed by atoms with Crippen molar-refractivity contribution in [3.63, 3.8) is 0 Å². The molecule has 0 spiro atoms. The minimum atomic E-state index is -4.35. The van der Waals surface area contributed by atoms with Crippen molar-refractivity contribution in [3.05, 3.63) is 54.1 Å². The zero-order valence-corrected chi connectivity index (χ0v) is 13.0. The summed E-state index contributed by atoms with van der Waals surface area (Å²) in [4.78, 5) is 4.50. The number of hydrogen-bond acceptors (Lipinski definition) is 3. The van der Waals surface area contributed by atoms with Gasteiger partial charge in [0.1, 0.15) is 0 Å². The highest BCUT2D eigenvalue weighted by Crippen LogP contribution is 2.33. The van der Waals surface area contributed by atoms with Crippen LogP contribution in [-0.2, 0) is 6.18 Å². The standard InChI is InChI=1S/C18H14F3NO2/c1-23-16-9-12-5-8-14(22-15(12)10-17(16)24-2)11-3-6-13(7-4-11)18(19,20)21/h3-10H,1-2H3. The number of hydrogen-bond donors (Lipinski definition) is 0. The molecule has 2 aromatic carbocycles. The van der Waals surface area contributed by atoms with Gasteiger partial charge in [-0.15, -0.1) is 0 Å². The highest BCUT2D eigenvalue weighted by molar-refractivity contribution is 5.85. The average Bonchev–Trinajstić information content (AvgIpc) is 2.59. The number of fused-ring (bicyclic) bond motifs is 1. The Hall–Kier alpha value is -2.76. The zero-order chi connectivity index (χ0) is 17.3. The number of benzene rings is 2. The molecule has 0 N–H and O–H groups in total. The maximum Gasteiger partial charge on any atom is 0.416 e. The molecule has 24 heavy (non-hydrogen) atoms. The Balaban J connectivity index is 2.04. The fourth-order valence-corrected chi connectivity index (χ4v) is 2.44. The lowest BCUT2D eigenvalue weighted by atomic mass is 10.1. The number of aromatic nitrogens is 1. The van der Waals surface area contributed by atoms with Gasteiger partial charge in [0.25, 0.3) is 0 Å². The largest absolute Gasteiger partial charge is 0.493 e. The molecule has 3 nitrogen and oxygen atoms in total. The average molecular weight is 333 g/mol. The lowest BCUT2D eigenvalue weighted by Gasteiger charge is -2.10. The first-order valence-electron chi connectivity index (χ1n) is 7.13. The molecule has 0 saturated heterocycles. The number of ether oxygens (including phenoxy) is 2. The Kier molecular flexibility index (Phi) is 4.05. The van der Waals surface area contributed by atoms with Crippen molar-refractivity contribution in [2.75, 3.05) is 14.2 Å². The Morgan fingerprint density at radius 2 is 1.46 bits per heavy atom. The summed E-state index contributed by atoms with van der Waals surface area (Å²) in [7, 11) is 3.08. The lowest BCUT2D eigenvalue weighted by molar-refractivity contribution is -0.137. The van der Waals surface area contributed by atoms with Crippen LogP contribution in [-0.4, -0.2) is 19.2 Å². The number of alkyl halides is 3. The van der Waals surface area contributed by atoms with Crippen LogP contribution in [0.1, 0.15) is 5.56 Å². The second-order valence-electron chi connectivity index (χ2n) is 5.17. The molecule has 6 heteroatoms. The Labute approximate surface area is 136 Å². The third kappa shape index (κ3) is 2.99. The summed E-state index contributed by atoms with van der Waals surface area (Å²) in [5.41, 5.74) is 1.19. The highest BCUT2D eigenvalue weighted by atomic mass is 19.4. The van der Waals surface area contributed by atoms with Gasteiger partial charge in [0.15, 0.2) is 11.5 Å². The van der Waals surface area contributed by atoms with Gasteiger partial charge in [0.2, 0.25) is 0 Å². The second-order valence-corrected chi connectivity index (χ2v) is 5.17. The van der Waals surface area contributed by atoms with Crippen LogP contribution < -0.4 is 9.47 Å². The molecule has 1 heterocycles. The van der Waals surface area contributed by atoms with Crippen LogP contribution in [0.5, 0.6) is 11.5 Å². The van der Waals surface area contributed by atoms with E-state index in [4.69, 9.17) is 9.47 Å². The summed E-state index contributed by atoms with van der Waals surface area (Å²) >= 11 is 0. The fourth-order valence-electron chi connectivity index (χ4n) is 2.44. The van der Waals surface area contributed by atoms with Gasteiger partial charge in [0, 0.05) is 17.0 Å². The predicted molar refractivity (Wildman–Crippen MR) is 85.3 cm³/mol. The van der Waals surface area contributed by atoms with E-state index in [9.17, 15) is 13.2 Å². The SMILES string of the molecule is COc1cc2ccc(-c3ccc(C(F)(F)F)cc3)nc2cc1OC. The molecule has 3 rings (SSSR count). The highest BCUT2D eigenvalue weighted by Gasteiger charge is 2.30. The predicted octanol–water partition coefficient (Wildman–Crippen LogP) is 4.94. The van der Waals surface area contributed by atoms with Crippen LogP contribution in [0.25, 0.3) is 22.2 Å². The zero-order valence-electron chi connectivity index (χ0n) is 13.0. The molecule has 0 saturated carbocycles. The van der Waals surface area contributed by atoms with E-state index in [-0.39, 0.29) is 0 Å². The minimum Gasteiger partial charge on any atom is -0.493 e. The van der Waals surface area contributed by atoms with Crippen LogP contribution in [0.2, 0.25) is 0 Å². The number of pyridine rings is 1. The molecule has 0 fully saturated rings. The van der Waals surface area contributed by atoms with Crippen LogP contribution in [0.3, 0.4) is 0 Å². The lowest BCUT2D eigenvalue weighted by Crippen LogP contribution is -2.04. The first kappa shape index (κ1) is 16.1. The fraction of sp³-hybridized carbons (Fsp3) is 0.167. The summed E-state index contributed by atoms with van der Waals surface area (Å²) < 4.78 is 48.4. The van der Waals surface area contributed by atoms with Crippen molar-refractivity contribution in [2.24, 2.45) is 0 Å². The van der Waals surface area contributed by atoms with Gasteiger partial charge in [0.05, 0.1) is 31.0 Å². The van der Waals surface area contributed by atoms with Gasteiger partial charge in [-0.3, -0.25) is 0 Å². The number of halogens is 3. The van der Waals surface area contributed by atoms with Crippen molar-refractivity contribution in [1.82, 2.24) is 4.98 Å². The third-order valence-corrected chi connectivity index (χ3v) is 3.70. The van der Waals surface area contributed by atoms with Gasteiger partial charge in [-0.05, 0) is 24.3 Å². The number of methoxy groups -OCH3 is 2. The summed E-state index contributed by atoms with van der Waals surface area (Å²) in [6.45, 7) is 0. The molecule has 0 bridgehead atoms. The molecule has 124 valence electrons. The van der Waals surface area contributed by atoms with E-state index in [1.54, 1.807) is 25.3 Å². The molecule has 1 aromatic heterocycles. The number of nitrogens with zero attached hydrogens (tertiary/aromatic N) is 1. The Morgan fingerprint density at radius 3 is 2.04 bits per heavy atom. The molecule has 3 aromatic rings. The van der Waals surface area contributed by atoms with Gasteiger partial charge < -0.3 is 9.47 Å². The molecular weight excluding hydrogens is 319 g/mol. The quantitative estimate of drug-likeness (QED) is 0.680. The molecule has 0 amide bonds. The van der Waals surface area contributed by atoms with E-state index in [1.807, 2.05) is 6.07 Å². The molecule has 0 aliphatic carbocycles. The Bertz CT molecular complexity index is 874. The third-order valence-electron chi connectivity index (χ3n) is 3.70. The smallest absolute Gasteiger partial charge is 0.416 e. The van der Waals surface area contributed by atoms with Crippen molar-refractivity contribution in [1.29, 1.82) is 0 Å². The first-order chi connectivity index (χ1) is 11.4. The first-order valence-corrected chi connectivity index (χ1v) is 7.13. The van der Waals surface area contributed by atoms with E-state index in [2.05, 4.69) is 4.98 Å². The van der Waals surface area contributed by atoms with Crippen LogP contribution >= 0.6 is 0 Å². The summed E-state index contributed by atoms with van der Waals surface area (Å²) in [6, 6.07) is 12.1. The van der Waals surface area contributed by atoms with Gasteiger partial charge in [-0.2, -0.15) is 13.2 Å². The maximum absolute atomic E-state index is 12.6. The van der Waals surface area contributed by atoms with E-state index in [1.165, 1.54) is 19.2 Å². The van der Waals surface area contributed by atoms with Crippen LogP contribution in [0.15, 0.2) is 48.5 Å². The molecular formula is C18H14F3NO2. The molecule has 0 unspecified atom stereocenters. The Morgan fingerprint density at radius 1 is 0.833 bits per heavy atom. The van der Waals surface area contributed by atoms with Crippen molar-refractivity contribution in [3.8, 4) is 22.8 Å². The number of rotatable bonds is 3. The van der Waals surface area contributed by atoms with Gasteiger partial charge >= 0.3 is 6.18 Å². The van der Waals surface area contributed by atoms with Crippen LogP contribution in [0, 0.1) is 0 Å². The molecule has 0 atom stereocenters. The second kappa shape index (κ2) is 6.03. The molecule has 0 aliphatic rings. The van der Waals surface area contributed by atoms with E-state index in [0.29, 0.717) is 28.3 Å². The van der Waals surface area contributed by atoms with Crippen molar-refractivity contribution in [2.45, 2.75) is 6.18 Å². The minimum absolute atomic E-state index is 0.544. The van der Waals surface area contributed by atoms with E-state index < -0.39 is 11.7 Å². The van der Waals surface area contributed by atoms with Gasteiger partial charge in [-0.25, -0.2) is 4.98 Å². The van der Waals surface area contributed by atoms with Crippen molar-refractivity contribution < 1.29 is 22.6 Å². The topological polar surface area (TPSA) is 31.4 Å². The monoisotopic (exact) mass is 333 g/mol. The van der Waals surface area contributed by atoms with E-state index in [0.717, 1.165) is 17.5 Å². The summed E-state index contributed by atoms with van der Waals surface area (Å²) in [6.07, 6.45) is -4.35. The van der Waals surface area contributed by atoms with E-state index >= 15 is 0 Å².